The first-order valence-electron chi connectivity index (χ1n) is 6.63. The van der Waals surface area contributed by atoms with E-state index in [0.29, 0.717) is 12.6 Å². The van der Waals surface area contributed by atoms with Gasteiger partial charge in [0.15, 0.2) is 0 Å². The quantitative estimate of drug-likeness (QED) is 0.911. The molecule has 2 atom stereocenters. The summed E-state index contributed by atoms with van der Waals surface area (Å²) in [5.41, 5.74) is 1.12. The van der Waals surface area contributed by atoms with Crippen LogP contribution in [-0.4, -0.2) is 34.9 Å². The van der Waals surface area contributed by atoms with Crippen molar-refractivity contribution in [2.24, 2.45) is 0 Å². The fourth-order valence-corrected chi connectivity index (χ4v) is 4.06. The molecule has 3 nitrogen and oxygen atoms in total. The summed E-state index contributed by atoms with van der Waals surface area (Å²) < 4.78 is 0. The van der Waals surface area contributed by atoms with Gasteiger partial charge in [-0.15, -0.1) is 0 Å². The van der Waals surface area contributed by atoms with Crippen molar-refractivity contribution in [2.45, 2.75) is 25.0 Å². The normalized spacial score (nSPS) is 27.8. The molecule has 2 unspecified atom stereocenters. The fourth-order valence-electron chi connectivity index (χ4n) is 2.80. The number of carbonyl (C=O) groups excluding carboxylic acids is 1. The maximum atomic E-state index is 12.2. The minimum absolute atomic E-state index is 0.00784. The van der Waals surface area contributed by atoms with Gasteiger partial charge in [-0.05, 0) is 36.3 Å². The van der Waals surface area contributed by atoms with Crippen molar-refractivity contribution in [1.82, 2.24) is 10.2 Å². The maximum Gasteiger partial charge on any atom is 0.238 e. The zero-order valence-electron chi connectivity index (χ0n) is 10.6. The number of hydrogen-bond donors (Lipinski definition) is 1. The van der Waals surface area contributed by atoms with Crippen LogP contribution in [0.4, 0.5) is 0 Å². The lowest BCUT2D eigenvalue weighted by Gasteiger charge is -2.35. The number of halogens is 1. The highest BCUT2D eigenvalue weighted by Crippen LogP contribution is 2.31. The molecule has 1 aromatic carbocycles. The van der Waals surface area contributed by atoms with Crippen molar-refractivity contribution in [1.29, 1.82) is 0 Å². The van der Waals surface area contributed by atoms with E-state index in [0.717, 1.165) is 22.8 Å². The maximum absolute atomic E-state index is 12.2. The molecule has 0 spiro atoms. The number of thioether (sulfide) groups is 1. The first kappa shape index (κ1) is 13.3. The lowest BCUT2D eigenvalue weighted by Crippen LogP contribution is -2.42. The van der Waals surface area contributed by atoms with Gasteiger partial charge in [-0.3, -0.25) is 10.1 Å². The lowest BCUT2D eigenvalue weighted by atomic mass is 10.1. The standard InChI is InChI=1S/C14H17ClN2OS/c15-11-5-3-10(4-6-11)14-16-8-13(18)17(14)12-2-1-7-19-9-12/h3-6,12,14,16H,1-2,7-9H2. The van der Waals surface area contributed by atoms with Crippen molar-refractivity contribution < 1.29 is 4.79 Å². The first-order chi connectivity index (χ1) is 9.25. The van der Waals surface area contributed by atoms with Crippen LogP contribution in [-0.2, 0) is 4.79 Å². The Labute approximate surface area is 122 Å². The Morgan fingerprint density at radius 3 is 2.79 bits per heavy atom. The Bertz CT molecular complexity index is 459. The summed E-state index contributed by atoms with van der Waals surface area (Å²) >= 11 is 7.88. The summed E-state index contributed by atoms with van der Waals surface area (Å²) in [6, 6.07) is 8.13. The predicted octanol–water partition coefficient (Wildman–Crippen LogP) is 2.67. The molecule has 0 bridgehead atoms. The van der Waals surface area contributed by atoms with Crippen molar-refractivity contribution in [3.63, 3.8) is 0 Å². The largest absolute Gasteiger partial charge is 0.318 e. The van der Waals surface area contributed by atoms with Gasteiger partial charge in [0, 0.05) is 16.8 Å². The molecule has 3 rings (SSSR count). The molecule has 1 aromatic rings. The minimum Gasteiger partial charge on any atom is -0.318 e. The predicted molar refractivity (Wildman–Crippen MR) is 79.4 cm³/mol. The van der Waals surface area contributed by atoms with E-state index in [1.807, 2.05) is 40.9 Å². The second-order valence-electron chi connectivity index (χ2n) is 5.01. The van der Waals surface area contributed by atoms with E-state index in [2.05, 4.69) is 5.32 Å². The molecule has 2 heterocycles. The topological polar surface area (TPSA) is 32.3 Å². The van der Waals surface area contributed by atoms with Crippen LogP contribution in [0.5, 0.6) is 0 Å². The van der Waals surface area contributed by atoms with Crippen molar-refractivity contribution >= 4 is 29.3 Å². The number of nitrogens with zero attached hydrogens (tertiary/aromatic N) is 1. The molecule has 0 aromatic heterocycles. The number of benzene rings is 1. The minimum atomic E-state index is 0.00784. The Balaban J connectivity index is 1.83. The molecule has 19 heavy (non-hydrogen) atoms. The van der Waals surface area contributed by atoms with Crippen LogP contribution in [0.3, 0.4) is 0 Å². The summed E-state index contributed by atoms with van der Waals surface area (Å²) in [6.45, 7) is 0.439. The first-order valence-corrected chi connectivity index (χ1v) is 8.17. The van der Waals surface area contributed by atoms with Crippen molar-refractivity contribution in [2.75, 3.05) is 18.1 Å². The highest BCUT2D eigenvalue weighted by molar-refractivity contribution is 7.99. The molecule has 1 N–H and O–H groups in total. The van der Waals surface area contributed by atoms with Gasteiger partial charge in [-0.25, -0.2) is 0 Å². The summed E-state index contributed by atoms with van der Waals surface area (Å²) in [4.78, 5) is 14.2. The van der Waals surface area contributed by atoms with Crippen LogP contribution in [0.15, 0.2) is 24.3 Å². The molecular formula is C14H17ClN2OS. The zero-order chi connectivity index (χ0) is 13.2. The van der Waals surface area contributed by atoms with E-state index < -0.39 is 0 Å². The van der Waals surface area contributed by atoms with E-state index in [-0.39, 0.29) is 12.1 Å². The average molecular weight is 297 g/mol. The molecule has 2 aliphatic rings. The Kier molecular flexibility index (Phi) is 4.01. The van der Waals surface area contributed by atoms with Gasteiger partial charge in [0.05, 0.1) is 6.54 Å². The molecule has 0 radical (unpaired) electrons. The highest BCUT2D eigenvalue weighted by Gasteiger charge is 2.37. The van der Waals surface area contributed by atoms with Gasteiger partial charge in [-0.1, -0.05) is 23.7 Å². The van der Waals surface area contributed by atoms with E-state index >= 15 is 0 Å². The Morgan fingerprint density at radius 2 is 2.11 bits per heavy atom. The Morgan fingerprint density at radius 1 is 1.32 bits per heavy atom. The van der Waals surface area contributed by atoms with Crippen LogP contribution in [0.25, 0.3) is 0 Å². The molecule has 0 aliphatic carbocycles. The van der Waals surface area contributed by atoms with Crippen LogP contribution < -0.4 is 5.32 Å². The van der Waals surface area contributed by atoms with Gasteiger partial charge in [-0.2, -0.15) is 11.8 Å². The number of carbonyl (C=O) groups is 1. The SMILES string of the molecule is O=C1CNC(c2ccc(Cl)cc2)N1C1CCCSC1. The number of hydrogen-bond acceptors (Lipinski definition) is 3. The van der Waals surface area contributed by atoms with E-state index in [1.54, 1.807) is 0 Å². The van der Waals surface area contributed by atoms with Gasteiger partial charge in [0.2, 0.25) is 5.91 Å². The van der Waals surface area contributed by atoms with E-state index in [9.17, 15) is 4.79 Å². The van der Waals surface area contributed by atoms with Crippen LogP contribution >= 0.6 is 23.4 Å². The van der Waals surface area contributed by atoms with Gasteiger partial charge >= 0.3 is 0 Å². The van der Waals surface area contributed by atoms with Crippen LogP contribution in [0, 0.1) is 0 Å². The summed E-state index contributed by atoms with van der Waals surface area (Å²) in [6.07, 6.45) is 2.32. The van der Waals surface area contributed by atoms with Gasteiger partial charge in [0.25, 0.3) is 0 Å². The van der Waals surface area contributed by atoms with Crippen molar-refractivity contribution in [3.8, 4) is 0 Å². The van der Waals surface area contributed by atoms with Gasteiger partial charge < -0.3 is 4.90 Å². The number of amides is 1. The highest BCUT2D eigenvalue weighted by atomic mass is 35.5. The third kappa shape index (κ3) is 2.76. The van der Waals surface area contributed by atoms with E-state index in [4.69, 9.17) is 11.6 Å². The number of nitrogens with one attached hydrogen (secondary N) is 1. The summed E-state index contributed by atoms with van der Waals surface area (Å²) in [5, 5.41) is 4.04. The van der Waals surface area contributed by atoms with Crippen LogP contribution in [0.2, 0.25) is 5.02 Å². The Hall–Kier alpha value is -0.710. The summed E-state index contributed by atoms with van der Waals surface area (Å²) in [5.74, 6) is 2.49. The lowest BCUT2D eigenvalue weighted by molar-refractivity contribution is -0.130. The van der Waals surface area contributed by atoms with Crippen molar-refractivity contribution in [3.05, 3.63) is 34.9 Å². The summed E-state index contributed by atoms with van der Waals surface area (Å²) in [7, 11) is 0. The molecule has 2 saturated heterocycles. The van der Waals surface area contributed by atoms with Crippen LogP contribution in [0.1, 0.15) is 24.6 Å². The molecule has 5 heteroatoms. The van der Waals surface area contributed by atoms with Gasteiger partial charge in [0.1, 0.15) is 6.17 Å². The average Bonchev–Trinajstić information content (AvgIpc) is 2.82. The molecule has 0 saturated carbocycles. The molecule has 102 valence electrons. The molecular weight excluding hydrogens is 280 g/mol. The smallest absolute Gasteiger partial charge is 0.238 e. The zero-order valence-corrected chi connectivity index (χ0v) is 12.2. The monoisotopic (exact) mass is 296 g/mol. The third-order valence-electron chi connectivity index (χ3n) is 3.73. The molecule has 2 fully saturated rings. The van der Waals surface area contributed by atoms with E-state index in [1.165, 1.54) is 12.2 Å². The third-order valence-corrected chi connectivity index (χ3v) is 5.18. The second kappa shape index (κ2) is 5.73. The second-order valence-corrected chi connectivity index (χ2v) is 6.59. The molecule has 2 aliphatic heterocycles. The molecule has 1 amide bonds. The fraction of sp³-hybridized carbons (Fsp3) is 0.500. The number of rotatable bonds is 2.